The number of amides is 1. The third-order valence-corrected chi connectivity index (χ3v) is 2.36. The number of hydrogen-bond acceptors (Lipinski definition) is 1. The summed E-state index contributed by atoms with van der Waals surface area (Å²) in [4.78, 5) is 11.6. The molecule has 0 heterocycles. The van der Waals surface area contributed by atoms with Crippen molar-refractivity contribution in [2.75, 3.05) is 6.54 Å². The fourth-order valence-corrected chi connectivity index (χ4v) is 1.38. The van der Waals surface area contributed by atoms with E-state index in [-0.39, 0.29) is 16.5 Å². The summed E-state index contributed by atoms with van der Waals surface area (Å²) in [6.07, 6.45) is 6.35. The van der Waals surface area contributed by atoms with Gasteiger partial charge in [0.2, 0.25) is 0 Å². The summed E-state index contributed by atoms with van der Waals surface area (Å²) in [6.45, 7) is 0.454. The Labute approximate surface area is 98.8 Å². The van der Waals surface area contributed by atoms with E-state index in [1.165, 1.54) is 18.2 Å². The highest BCUT2D eigenvalue weighted by Gasteiger charge is 2.12. The van der Waals surface area contributed by atoms with E-state index in [2.05, 4.69) is 11.2 Å². The number of terminal acetylenes is 1. The average Bonchev–Trinajstić information content (AvgIpc) is 2.28. The second-order valence-electron chi connectivity index (χ2n) is 3.16. The van der Waals surface area contributed by atoms with Crippen molar-refractivity contribution in [3.8, 4) is 12.3 Å². The maximum atomic E-state index is 13.0. The Morgan fingerprint density at radius 1 is 1.56 bits per heavy atom. The van der Waals surface area contributed by atoms with Gasteiger partial charge in [-0.15, -0.1) is 12.3 Å². The van der Waals surface area contributed by atoms with Gasteiger partial charge in [-0.3, -0.25) is 4.79 Å². The normalized spacial score (nSPS) is 9.56. The third kappa shape index (κ3) is 3.25. The highest BCUT2D eigenvalue weighted by Crippen LogP contribution is 2.19. The highest BCUT2D eigenvalue weighted by molar-refractivity contribution is 6.34. The SMILES string of the molecule is C#CCCCNC(=O)c1cccc(F)c1Cl. The first kappa shape index (κ1) is 12.5. The zero-order chi connectivity index (χ0) is 12.0. The lowest BCUT2D eigenvalue weighted by atomic mass is 10.2. The molecule has 1 rings (SSSR count). The number of carbonyl (C=O) groups is 1. The van der Waals surface area contributed by atoms with Crippen molar-refractivity contribution in [3.05, 3.63) is 34.6 Å². The lowest BCUT2D eigenvalue weighted by molar-refractivity contribution is 0.0953. The number of halogens is 2. The van der Waals surface area contributed by atoms with Crippen molar-refractivity contribution >= 4 is 17.5 Å². The van der Waals surface area contributed by atoms with E-state index in [1.54, 1.807) is 0 Å². The first-order chi connectivity index (χ1) is 7.66. The predicted molar refractivity (Wildman–Crippen MR) is 61.8 cm³/mol. The predicted octanol–water partition coefficient (Wildman–Crippen LogP) is 2.62. The summed E-state index contributed by atoms with van der Waals surface area (Å²) < 4.78 is 13.0. The van der Waals surface area contributed by atoms with Crippen LogP contribution in [-0.4, -0.2) is 12.5 Å². The van der Waals surface area contributed by atoms with Gasteiger partial charge in [0.25, 0.3) is 5.91 Å². The van der Waals surface area contributed by atoms with E-state index < -0.39 is 5.82 Å². The van der Waals surface area contributed by atoms with Crippen LogP contribution < -0.4 is 5.32 Å². The molecule has 0 unspecified atom stereocenters. The van der Waals surface area contributed by atoms with Crippen LogP contribution in [-0.2, 0) is 0 Å². The van der Waals surface area contributed by atoms with Gasteiger partial charge in [0, 0.05) is 13.0 Å². The molecule has 0 saturated carbocycles. The largest absolute Gasteiger partial charge is 0.352 e. The number of nitrogens with one attached hydrogen (secondary N) is 1. The fraction of sp³-hybridized carbons (Fsp3) is 0.250. The van der Waals surface area contributed by atoms with Crippen LogP contribution in [0.5, 0.6) is 0 Å². The molecule has 2 nitrogen and oxygen atoms in total. The van der Waals surface area contributed by atoms with Crippen LogP contribution in [0.4, 0.5) is 4.39 Å². The minimum atomic E-state index is -0.599. The Morgan fingerprint density at radius 3 is 3.00 bits per heavy atom. The van der Waals surface area contributed by atoms with E-state index >= 15 is 0 Å². The highest BCUT2D eigenvalue weighted by atomic mass is 35.5. The molecule has 1 amide bonds. The van der Waals surface area contributed by atoms with Crippen LogP contribution >= 0.6 is 11.6 Å². The monoisotopic (exact) mass is 239 g/mol. The zero-order valence-electron chi connectivity index (χ0n) is 8.59. The number of hydrogen-bond donors (Lipinski definition) is 1. The second-order valence-corrected chi connectivity index (χ2v) is 3.54. The Morgan fingerprint density at radius 2 is 2.31 bits per heavy atom. The summed E-state index contributed by atoms with van der Waals surface area (Å²) in [7, 11) is 0. The number of benzene rings is 1. The van der Waals surface area contributed by atoms with Crippen molar-refractivity contribution < 1.29 is 9.18 Å². The van der Waals surface area contributed by atoms with Gasteiger partial charge < -0.3 is 5.32 Å². The summed E-state index contributed by atoms with van der Waals surface area (Å²) in [5.74, 6) is 1.48. The van der Waals surface area contributed by atoms with Gasteiger partial charge >= 0.3 is 0 Å². The molecule has 0 saturated heterocycles. The number of unbranched alkanes of at least 4 members (excludes halogenated alkanes) is 1. The molecule has 1 N–H and O–H groups in total. The quantitative estimate of drug-likeness (QED) is 0.635. The molecule has 4 heteroatoms. The van der Waals surface area contributed by atoms with Crippen LogP contribution in [0, 0.1) is 18.2 Å². The topological polar surface area (TPSA) is 29.1 Å². The van der Waals surface area contributed by atoms with Gasteiger partial charge in [-0.05, 0) is 18.6 Å². The second kappa shape index (κ2) is 6.14. The van der Waals surface area contributed by atoms with E-state index in [1.807, 2.05) is 0 Å². The van der Waals surface area contributed by atoms with Crippen LogP contribution in [0.15, 0.2) is 18.2 Å². The van der Waals surface area contributed by atoms with E-state index in [4.69, 9.17) is 18.0 Å². The molecular weight excluding hydrogens is 229 g/mol. The molecule has 0 aliphatic heterocycles. The summed E-state index contributed by atoms with van der Waals surface area (Å²) in [5, 5.41) is 2.46. The molecule has 0 spiro atoms. The molecule has 0 radical (unpaired) electrons. The maximum Gasteiger partial charge on any atom is 0.252 e. The van der Waals surface area contributed by atoms with Gasteiger partial charge in [-0.25, -0.2) is 4.39 Å². The van der Waals surface area contributed by atoms with Crippen LogP contribution in [0.1, 0.15) is 23.2 Å². The lowest BCUT2D eigenvalue weighted by Gasteiger charge is -2.05. The minimum Gasteiger partial charge on any atom is -0.352 e. The minimum absolute atomic E-state index is 0.141. The number of rotatable bonds is 4. The van der Waals surface area contributed by atoms with Gasteiger partial charge in [0.15, 0.2) is 0 Å². The molecular formula is C12H11ClFNO. The summed E-state index contributed by atoms with van der Waals surface area (Å²) in [6, 6.07) is 4.12. The van der Waals surface area contributed by atoms with Gasteiger partial charge in [-0.2, -0.15) is 0 Å². The molecule has 1 aromatic rings. The standard InChI is InChI=1S/C12H11ClFNO/c1-2-3-4-8-15-12(16)9-6-5-7-10(14)11(9)13/h1,5-7H,3-4,8H2,(H,15,16). The van der Waals surface area contributed by atoms with E-state index in [0.717, 1.165) is 0 Å². The van der Waals surface area contributed by atoms with Gasteiger partial charge in [0.1, 0.15) is 5.82 Å². The Hall–Kier alpha value is -1.53. The Kier molecular flexibility index (Phi) is 4.81. The van der Waals surface area contributed by atoms with Crippen molar-refractivity contribution in [2.45, 2.75) is 12.8 Å². The van der Waals surface area contributed by atoms with Gasteiger partial charge in [0.05, 0.1) is 10.6 Å². The Bertz CT molecular complexity index is 426. The first-order valence-corrected chi connectivity index (χ1v) is 5.20. The first-order valence-electron chi connectivity index (χ1n) is 4.82. The lowest BCUT2D eigenvalue weighted by Crippen LogP contribution is -2.24. The van der Waals surface area contributed by atoms with Gasteiger partial charge in [-0.1, -0.05) is 17.7 Å². The van der Waals surface area contributed by atoms with Crippen molar-refractivity contribution in [1.29, 1.82) is 0 Å². The average molecular weight is 240 g/mol. The third-order valence-electron chi connectivity index (χ3n) is 1.98. The molecule has 0 fully saturated rings. The van der Waals surface area contributed by atoms with Crippen LogP contribution in [0.3, 0.4) is 0 Å². The smallest absolute Gasteiger partial charge is 0.252 e. The summed E-state index contributed by atoms with van der Waals surface area (Å²) >= 11 is 5.66. The Balaban J connectivity index is 2.60. The van der Waals surface area contributed by atoms with E-state index in [0.29, 0.717) is 19.4 Å². The molecule has 16 heavy (non-hydrogen) atoms. The number of carbonyl (C=O) groups excluding carboxylic acids is 1. The molecule has 0 aliphatic rings. The van der Waals surface area contributed by atoms with Crippen LogP contribution in [0.25, 0.3) is 0 Å². The van der Waals surface area contributed by atoms with Crippen molar-refractivity contribution in [1.82, 2.24) is 5.32 Å². The summed E-state index contributed by atoms with van der Waals surface area (Å²) in [5.41, 5.74) is 0.141. The molecule has 1 aromatic carbocycles. The molecule has 0 aliphatic carbocycles. The van der Waals surface area contributed by atoms with Crippen molar-refractivity contribution in [2.24, 2.45) is 0 Å². The zero-order valence-corrected chi connectivity index (χ0v) is 9.35. The molecule has 0 atom stereocenters. The maximum absolute atomic E-state index is 13.0. The molecule has 0 bridgehead atoms. The van der Waals surface area contributed by atoms with Crippen molar-refractivity contribution in [3.63, 3.8) is 0 Å². The molecule has 0 aromatic heterocycles. The van der Waals surface area contributed by atoms with Crippen LogP contribution in [0.2, 0.25) is 5.02 Å². The van der Waals surface area contributed by atoms with E-state index in [9.17, 15) is 9.18 Å². The molecule has 84 valence electrons. The fourth-order valence-electron chi connectivity index (χ4n) is 1.17.